The number of hydrogen-bond donors (Lipinski definition) is 4. The van der Waals surface area contributed by atoms with Crippen molar-refractivity contribution in [3.63, 3.8) is 0 Å². The molecule has 2 aromatic rings. The zero-order chi connectivity index (χ0) is 22.3. The SMILES string of the molecule is CC(C)(C(F)F)[C@H](NC(=O)c1ccc(C#CC#Cc2ccc(N)s2)cc1)C(=O)NO. The van der Waals surface area contributed by atoms with Crippen LogP contribution in [0, 0.1) is 29.1 Å². The maximum Gasteiger partial charge on any atom is 0.266 e. The average molecular weight is 431 g/mol. The summed E-state index contributed by atoms with van der Waals surface area (Å²) in [4.78, 5) is 25.0. The molecule has 0 aliphatic carbocycles. The number of nitrogen functional groups attached to an aromatic ring is 1. The Morgan fingerprint density at radius 3 is 2.27 bits per heavy atom. The van der Waals surface area contributed by atoms with Crippen LogP contribution in [-0.4, -0.2) is 29.5 Å². The molecule has 9 heteroatoms. The van der Waals surface area contributed by atoms with E-state index < -0.39 is 29.7 Å². The quantitative estimate of drug-likeness (QED) is 0.332. The Balaban J connectivity index is 2.10. The number of halogens is 2. The van der Waals surface area contributed by atoms with Crippen LogP contribution in [0.3, 0.4) is 0 Å². The number of thiophene rings is 1. The Bertz CT molecular complexity index is 1040. The van der Waals surface area contributed by atoms with E-state index in [1.807, 2.05) is 0 Å². The standard InChI is InChI=1S/C21H19F2N3O3S/c1-21(2,20(22)23)17(19(28)26-29)25-18(27)14-9-7-13(8-10-14)5-3-4-6-15-11-12-16(24)30-15/h7-12,17,20,29H,24H2,1-2H3,(H,25,27)(H,26,28)/t17-/m1/s1. The molecule has 0 aliphatic rings. The van der Waals surface area contributed by atoms with Crippen molar-refractivity contribution in [1.29, 1.82) is 0 Å². The van der Waals surface area contributed by atoms with Crippen LogP contribution in [0.25, 0.3) is 0 Å². The minimum Gasteiger partial charge on any atom is -0.391 e. The molecular formula is C21H19F2N3O3S. The molecule has 1 aromatic heterocycles. The number of rotatable bonds is 5. The monoisotopic (exact) mass is 431 g/mol. The molecule has 5 N–H and O–H groups in total. The van der Waals surface area contributed by atoms with Gasteiger partial charge in [0.15, 0.2) is 0 Å². The molecule has 6 nitrogen and oxygen atoms in total. The molecule has 0 saturated carbocycles. The van der Waals surface area contributed by atoms with E-state index in [4.69, 9.17) is 10.9 Å². The van der Waals surface area contributed by atoms with E-state index in [1.54, 1.807) is 24.3 Å². The van der Waals surface area contributed by atoms with Crippen molar-refractivity contribution in [2.24, 2.45) is 5.41 Å². The Hall–Kier alpha value is -3.40. The fourth-order valence-corrected chi connectivity index (χ4v) is 2.94. The van der Waals surface area contributed by atoms with Crippen molar-refractivity contribution in [2.75, 3.05) is 5.73 Å². The van der Waals surface area contributed by atoms with Gasteiger partial charge in [0.25, 0.3) is 11.8 Å². The first-order valence-electron chi connectivity index (χ1n) is 8.65. The first kappa shape index (κ1) is 22.9. The number of benzene rings is 1. The van der Waals surface area contributed by atoms with Gasteiger partial charge in [0.05, 0.1) is 15.3 Å². The van der Waals surface area contributed by atoms with Crippen LogP contribution in [0.4, 0.5) is 13.8 Å². The van der Waals surface area contributed by atoms with Crippen molar-refractivity contribution in [3.05, 3.63) is 52.4 Å². The van der Waals surface area contributed by atoms with E-state index in [-0.39, 0.29) is 5.56 Å². The first-order chi connectivity index (χ1) is 14.1. The number of hydrogen-bond acceptors (Lipinski definition) is 5. The van der Waals surface area contributed by atoms with Crippen LogP contribution in [0.15, 0.2) is 36.4 Å². The molecule has 1 heterocycles. The maximum absolute atomic E-state index is 13.3. The molecule has 1 aromatic carbocycles. The normalized spacial score (nSPS) is 11.5. The van der Waals surface area contributed by atoms with E-state index in [1.165, 1.54) is 28.9 Å². The van der Waals surface area contributed by atoms with E-state index in [0.717, 1.165) is 18.7 Å². The molecule has 156 valence electrons. The number of carbonyl (C=O) groups excluding carboxylic acids is 2. The third-order valence-electron chi connectivity index (χ3n) is 4.18. The smallest absolute Gasteiger partial charge is 0.266 e. The third kappa shape index (κ3) is 5.80. The van der Waals surface area contributed by atoms with Gasteiger partial charge in [-0.05, 0) is 54.2 Å². The lowest BCUT2D eigenvalue weighted by Crippen LogP contribution is -2.56. The average Bonchev–Trinajstić information content (AvgIpc) is 3.13. The van der Waals surface area contributed by atoms with Crippen LogP contribution < -0.4 is 16.5 Å². The zero-order valence-corrected chi connectivity index (χ0v) is 16.9. The Kier molecular flexibility index (Phi) is 7.54. The van der Waals surface area contributed by atoms with Crippen LogP contribution in [0.1, 0.15) is 34.6 Å². The summed E-state index contributed by atoms with van der Waals surface area (Å²) in [6.07, 6.45) is -2.91. The molecule has 0 fully saturated rings. The summed E-state index contributed by atoms with van der Waals surface area (Å²) < 4.78 is 26.6. The summed E-state index contributed by atoms with van der Waals surface area (Å²) in [7, 11) is 0. The summed E-state index contributed by atoms with van der Waals surface area (Å²) in [6, 6.07) is 7.91. The highest BCUT2D eigenvalue weighted by molar-refractivity contribution is 7.16. The molecule has 2 rings (SSSR count). The summed E-state index contributed by atoms with van der Waals surface area (Å²) >= 11 is 1.35. The summed E-state index contributed by atoms with van der Waals surface area (Å²) in [5.41, 5.74) is 5.75. The lowest BCUT2D eigenvalue weighted by Gasteiger charge is -2.32. The van der Waals surface area contributed by atoms with Crippen molar-refractivity contribution >= 4 is 28.2 Å². The van der Waals surface area contributed by atoms with Crippen LogP contribution >= 0.6 is 11.3 Å². The molecular weight excluding hydrogens is 412 g/mol. The highest BCUT2D eigenvalue weighted by Crippen LogP contribution is 2.29. The van der Waals surface area contributed by atoms with Crippen molar-refractivity contribution < 1.29 is 23.6 Å². The fourth-order valence-electron chi connectivity index (χ4n) is 2.32. The van der Waals surface area contributed by atoms with Gasteiger partial charge < -0.3 is 11.1 Å². The predicted molar refractivity (Wildman–Crippen MR) is 110 cm³/mol. The first-order valence-corrected chi connectivity index (χ1v) is 9.47. The van der Waals surface area contributed by atoms with Crippen LogP contribution in [0.5, 0.6) is 0 Å². The van der Waals surface area contributed by atoms with E-state index in [9.17, 15) is 18.4 Å². The number of nitrogens with one attached hydrogen (secondary N) is 2. The summed E-state index contributed by atoms with van der Waals surface area (Å²) in [5, 5.41) is 11.7. The Morgan fingerprint density at radius 1 is 1.10 bits per heavy atom. The molecule has 1 atom stereocenters. The Morgan fingerprint density at radius 2 is 1.73 bits per heavy atom. The highest BCUT2D eigenvalue weighted by Gasteiger charge is 2.43. The van der Waals surface area contributed by atoms with E-state index in [2.05, 4.69) is 29.0 Å². The second kappa shape index (κ2) is 9.88. The molecule has 0 saturated heterocycles. The highest BCUT2D eigenvalue weighted by atomic mass is 32.1. The number of alkyl halides is 2. The van der Waals surface area contributed by atoms with Gasteiger partial charge in [0.2, 0.25) is 6.43 Å². The maximum atomic E-state index is 13.3. The second-order valence-corrected chi connectivity index (χ2v) is 7.90. The van der Waals surface area contributed by atoms with Gasteiger partial charge in [0.1, 0.15) is 6.04 Å². The molecule has 0 radical (unpaired) electrons. The molecule has 0 spiro atoms. The summed E-state index contributed by atoms with van der Waals surface area (Å²) in [5.74, 6) is 9.18. The second-order valence-electron chi connectivity index (χ2n) is 6.78. The van der Waals surface area contributed by atoms with Gasteiger partial charge in [0, 0.05) is 11.1 Å². The minimum absolute atomic E-state index is 0.140. The van der Waals surface area contributed by atoms with Gasteiger partial charge >= 0.3 is 0 Å². The molecule has 0 aliphatic heterocycles. The lowest BCUT2D eigenvalue weighted by molar-refractivity contribution is -0.137. The summed E-state index contributed by atoms with van der Waals surface area (Å²) in [6.45, 7) is 2.23. The van der Waals surface area contributed by atoms with Gasteiger partial charge in [-0.2, -0.15) is 0 Å². The molecule has 2 amide bonds. The van der Waals surface area contributed by atoms with Gasteiger partial charge in [-0.1, -0.05) is 19.8 Å². The molecule has 30 heavy (non-hydrogen) atoms. The minimum atomic E-state index is -2.91. The number of nitrogens with two attached hydrogens (primary N) is 1. The van der Waals surface area contributed by atoms with Crippen molar-refractivity contribution in [1.82, 2.24) is 10.8 Å². The topological polar surface area (TPSA) is 104 Å². The molecule has 0 unspecified atom stereocenters. The van der Waals surface area contributed by atoms with Gasteiger partial charge in [-0.25, -0.2) is 14.3 Å². The van der Waals surface area contributed by atoms with Gasteiger partial charge in [-0.3, -0.25) is 14.8 Å². The number of amides is 2. The fraction of sp³-hybridized carbons (Fsp3) is 0.238. The lowest BCUT2D eigenvalue weighted by atomic mass is 9.84. The number of hydroxylamine groups is 1. The van der Waals surface area contributed by atoms with Crippen molar-refractivity contribution in [2.45, 2.75) is 26.3 Å². The van der Waals surface area contributed by atoms with Crippen LogP contribution in [0.2, 0.25) is 0 Å². The van der Waals surface area contributed by atoms with Crippen LogP contribution in [-0.2, 0) is 4.79 Å². The predicted octanol–water partition coefficient (Wildman–Crippen LogP) is 2.63. The number of carbonyl (C=O) groups is 2. The largest absolute Gasteiger partial charge is 0.391 e. The van der Waals surface area contributed by atoms with Crippen molar-refractivity contribution in [3.8, 4) is 23.7 Å². The van der Waals surface area contributed by atoms with E-state index in [0.29, 0.717) is 10.6 Å². The van der Waals surface area contributed by atoms with E-state index >= 15 is 0 Å². The Labute approximate surface area is 176 Å². The number of anilines is 1. The molecule has 0 bridgehead atoms. The zero-order valence-electron chi connectivity index (χ0n) is 16.1. The van der Waals surface area contributed by atoms with Gasteiger partial charge in [-0.15, -0.1) is 11.3 Å². The third-order valence-corrected chi connectivity index (χ3v) is 5.01.